The van der Waals surface area contributed by atoms with Gasteiger partial charge in [-0.25, -0.2) is 44.0 Å². The maximum absolute atomic E-state index is 13.3. The zero-order valence-corrected chi connectivity index (χ0v) is 77.3. The molecule has 0 aliphatic rings. The first kappa shape index (κ1) is 102. The lowest BCUT2D eigenvalue weighted by atomic mass is 10.0. The molecule has 0 N–H and O–H groups in total. The third kappa shape index (κ3) is 39.7. The molecule has 0 radical (unpaired) electrons. The Bertz CT molecular complexity index is 5150. The molecule has 10 rings (SSSR count). The molecule has 0 aliphatic heterocycles. The zero-order chi connectivity index (χ0) is 92.5. The van der Waals surface area contributed by atoms with E-state index in [1.165, 1.54) is 41.2 Å². The van der Waals surface area contributed by atoms with Crippen molar-refractivity contribution in [2.75, 3.05) is 88.3 Å². The summed E-state index contributed by atoms with van der Waals surface area (Å²) in [5.41, 5.74) is 8.57. The number of thiol groups is 1. The molecule has 23 nitrogen and oxygen atoms in total. The van der Waals surface area contributed by atoms with Crippen LogP contribution >= 0.6 is 35.3 Å². The first-order valence-corrected chi connectivity index (χ1v) is 47.1. The minimum Gasteiger partial charge on any atom is -0.494 e. The van der Waals surface area contributed by atoms with Gasteiger partial charge in [0.05, 0.1) is 92.3 Å². The van der Waals surface area contributed by atoms with Gasteiger partial charge in [-0.1, -0.05) is 141 Å². The summed E-state index contributed by atoms with van der Waals surface area (Å²) in [6, 6.07) is 59.8. The number of ether oxygens (including phenoxy) is 12. The van der Waals surface area contributed by atoms with Crippen LogP contribution in [-0.4, -0.2) is 131 Å². The number of hydrazone groups is 2. The van der Waals surface area contributed by atoms with E-state index in [0.29, 0.717) is 115 Å². The van der Waals surface area contributed by atoms with Crippen molar-refractivity contribution in [1.29, 1.82) is 0 Å². The van der Waals surface area contributed by atoms with Gasteiger partial charge in [0.25, 0.3) is 0 Å². The fraction of sp³-hybridized carbons (Fsp3) is 0.356. The number of aromatic nitrogens is 2. The molecule has 8 aromatic carbocycles. The van der Waals surface area contributed by atoms with E-state index in [4.69, 9.17) is 77.0 Å². The third-order valence-corrected chi connectivity index (χ3v) is 22.6. The largest absolute Gasteiger partial charge is 0.494 e. The van der Waals surface area contributed by atoms with Gasteiger partial charge in [-0.15, -0.1) is 0 Å². The Morgan fingerprint density at radius 2 is 0.679 bits per heavy atom. The Kier molecular flexibility index (Phi) is 47.0. The monoisotopic (exact) mass is 1840 g/mol. The van der Waals surface area contributed by atoms with E-state index >= 15 is 0 Å². The Balaban J connectivity index is 0.000000295. The number of thiazole rings is 2. The van der Waals surface area contributed by atoms with Crippen LogP contribution in [0.15, 0.2) is 255 Å². The fourth-order valence-corrected chi connectivity index (χ4v) is 15.1. The number of para-hydroxylation sites is 2. The highest BCUT2D eigenvalue weighted by molar-refractivity contribution is 7.80. The molecule has 2 aromatic heterocycles. The number of benzene rings is 8. The molecule has 0 bridgehead atoms. The lowest BCUT2D eigenvalue weighted by Crippen LogP contribution is -2.20. The van der Waals surface area contributed by atoms with Crippen LogP contribution < -0.4 is 43.2 Å². The van der Waals surface area contributed by atoms with Crippen molar-refractivity contribution in [3.8, 4) is 40.2 Å². The SMILES string of the molecule is C=CC(=O)OCCCCCCOc1ccc(CCc2ccc(OCc3ccc(OCCCCCCOC(=O)C=C)cc3)c(/C=N/N(CCCOC(=O)C(=C)F)c3nc4ccccc4s3)c2)cc1.C=CC(=O)OCCCCCCOc1ccc(COc2ccc(OCc3ccc(OCCCCCCOC(=O)C=C)cc3)c(/C=N/N(CCCCCS)c3nc4ccccc4s3)c2)cc1. The van der Waals surface area contributed by atoms with Crippen LogP contribution in [0, 0.1) is 0 Å². The molecule has 0 aliphatic carbocycles. The number of carbonyl (C=O) groups excluding carboxylic acids is 5. The number of nitrogens with zero attached hydrogens (tertiary/aromatic N) is 6. The van der Waals surface area contributed by atoms with Crippen LogP contribution in [0.5, 0.6) is 40.2 Å². The fourth-order valence-electron chi connectivity index (χ4n) is 12.9. The lowest BCUT2D eigenvalue weighted by Gasteiger charge is -2.17. The predicted octanol–water partition coefficient (Wildman–Crippen LogP) is 23.0. The van der Waals surface area contributed by atoms with Gasteiger partial charge < -0.3 is 56.8 Å². The van der Waals surface area contributed by atoms with Gasteiger partial charge in [0.1, 0.15) is 60.1 Å². The minimum atomic E-state index is -1.14. The average Bonchev–Trinajstić information content (AvgIpc) is 1.66. The lowest BCUT2D eigenvalue weighted by molar-refractivity contribution is -0.141. The average molecular weight is 1840 g/mol. The van der Waals surface area contributed by atoms with Crippen LogP contribution in [0.3, 0.4) is 0 Å². The number of unbranched alkanes of at least 4 members (excludes halogenated alkanes) is 14. The van der Waals surface area contributed by atoms with E-state index < -0.39 is 17.8 Å². The van der Waals surface area contributed by atoms with E-state index in [-0.39, 0.29) is 24.5 Å². The van der Waals surface area contributed by atoms with E-state index in [9.17, 15) is 28.4 Å². The Labute approximate surface area is 782 Å². The summed E-state index contributed by atoms with van der Waals surface area (Å²) in [6.07, 6.45) is 28.0. The van der Waals surface area contributed by atoms with Crippen molar-refractivity contribution in [2.45, 2.75) is 161 Å². The molecule has 0 spiro atoms. The smallest absolute Gasteiger partial charge is 0.366 e. The molecule has 27 heteroatoms. The Morgan fingerprint density at radius 1 is 0.351 bits per heavy atom. The van der Waals surface area contributed by atoms with Crippen LogP contribution in [0.2, 0.25) is 0 Å². The van der Waals surface area contributed by atoms with Gasteiger partial charge in [0.15, 0.2) is 0 Å². The molecular formula is C104H121FN6O17S3. The molecule has 0 amide bonds. The number of aryl methyl sites for hydroxylation is 2. The second kappa shape index (κ2) is 60.3. The van der Waals surface area contributed by atoms with Crippen molar-refractivity contribution in [1.82, 2.24) is 9.97 Å². The molecule has 0 atom stereocenters. The number of carbonyl (C=O) groups is 5. The summed E-state index contributed by atoms with van der Waals surface area (Å²) >= 11 is 7.52. The van der Waals surface area contributed by atoms with Crippen molar-refractivity contribution < 1.29 is 85.2 Å². The van der Waals surface area contributed by atoms with E-state index in [1.807, 2.05) is 163 Å². The van der Waals surface area contributed by atoms with Gasteiger partial charge >= 0.3 is 29.8 Å². The van der Waals surface area contributed by atoms with E-state index in [0.717, 1.165) is 223 Å². The van der Waals surface area contributed by atoms with Crippen molar-refractivity contribution in [3.05, 3.63) is 284 Å². The highest BCUT2D eigenvalue weighted by atomic mass is 32.1. The number of anilines is 2. The Morgan fingerprint density at radius 3 is 1.07 bits per heavy atom. The van der Waals surface area contributed by atoms with Gasteiger partial charge in [-0.3, -0.25) is 0 Å². The molecule has 10 aromatic rings. The Hall–Kier alpha value is -12.6. The second-order valence-corrected chi connectivity index (χ2v) is 32.9. The van der Waals surface area contributed by atoms with Crippen LogP contribution in [0.25, 0.3) is 20.4 Å². The summed E-state index contributed by atoms with van der Waals surface area (Å²) in [5, 5.41) is 15.1. The maximum atomic E-state index is 13.3. The highest BCUT2D eigenvalue weighted by Crippen LogP contribution is 2.34. The molecule has 0 saturated carbocycles. The summed E-state index contributed by atoms with van der Waals surface area (Å²) < 4.78 is 83.5. The number of hydrogen-bond acceptors (Lipinski definition) is 26. The molecule has 0 saturated heterocycles. The van der Waals surface area contributed by atoms with Crippen molar-refractivity contribution in [3.63, 3.8) is 0 Å². The second-order valence-electron chi connectivity index (χ2n) is 30.4. The number of esters is 5. The molecule has 2 heterocycles. The number of halogens is 1. The number of rotatable bonds is 64. The highest BCUT2D eigenvalue weighted by Gasteiger charge is 2.18. The normalized spacial score (nSPS) is 11.0. The maximum Gasteiger partial charge on any atom is 0.366 e. The third-order valence-electron chi connectivity index (χ3n) is 20.2. The van der Waals surface area contributed by atoms with Gasteiger partial charge in [0.2, 0.25) is 16.1 Å². The zero-order valence-electron chi connectivity index (χ0n) is 74.7. The number of fused-ring (bicyclic) bond motifs is 2. The summed E-state index contributed by atoms with van der Waals surface area (Å²) in [7, 11) is 0. The quantitative estimate of drug-likeness (QED) is 0.00707. The van der Waals surface area contributed by atoms with Crippen LogP contribution in [0.1, 0.15) is 167 Å². The molecule has 131 heavy (non-hydrogen) atoms. The van der Waals surface area contributed by atoms with E-state index in [2.05, 4.69) is 75.9 Å². The molecule has 0 unspecified atom stereocenters. The van der Waals surface area contributed by atoms with Crippen molar-refractivity contribution >= 4 is 108 Å². The summed E-state index contributed by atoms with van der Waals surface area (Å²) in [5.74, 6) is 2.29. The standard InChI is InChI=1S/C53H60FN3O9S.C51H61N3O8S2/c1-4-50(58)63-34-14-8-6-12-32-61-45-26-21-41(22-27-45)19-20-42-25-30-48(66-39-43-23-28-46(29-24-43)62-33-13-7-9-15-35-64-51(59)5-2)44(37-42)38-55-57(31-16-36-65-52(60)40(3)54)53-56-47-17-10-11-18-49(47)67-53;1-3-49(55)59-33-15-7-5-13-31-57-43-24-20-40(21-25-43)38-61-45-28-29-47(62-39-41-22-26-44(27-23-41)58-32-14-6-8-16-34-60-50(56)4-2)42(36-45)37-52-54(30-12-9-17-35-63)51-53-46-18-10-11-19-48(46)64-51/h4-5,10-11,17-18,21-30,37-38H,1-3,6-9,12-16,19-20,31-36,39H2;3-4,10-11,18-29,36-37,63H,1-2,5-9,12-17,30-35,38-39H2/b55-38+;52-37+. The molecular weight excluding hydrogens is 1720 g/mol. The number of hydrogen-bond donors (Lipinski definition) is 1. The van der Waals surface area contributed by atoms with Gasteiger partial charge in [0, 0.05) is 54.9 Å². The summed E-state index contributed by atoms with van der Waals surface area (Å²) in [4.78, 5) is 66.1. The predicted molar refractivity (Wildman–Crippen MR) is 522 cm³/mol. The molecule has 694 valence electrons. The van der Waals surface area contributed by atoms with Crippen LogP contribution in [0.4, 0.5) is 14.7 Å². The van der Waals surface area contributed by atoms with Crippen molar-refractivity contribution in [2.24, 2.45) is 10.2 Å². The topological polar surface area (TPSA) is 253 Å². The first-order valence-electron chi connectivity index (χ1n) is 44.8. The van der Waals surface area contributed by atoms with Gasteiger partial charge in [-0.2, -0.15) is 27.2 Å². The summed E-state index contributed by atoms with van der Waals surface area (Å²) in [6.45, 7) is 22.8. The van der Waals surface area contributed by atoms with Crippen LogP contribution in [-0.2, 0) is 80.3 Å². The minimum absolute atomic E-state index is 0.0198. The van der Waals surface area contributed by atoms with E-state index in [1.54, 1.807) is 22.6 Å². The van der Waals surface area contributed by atoms with Gasteiger partial charge in [-0.05, 0) is 265 Å². The first-order chi connectivity index (χ1) is 64.1. The molecule has 0 fully saturated rings.